The lowest BCUT2D eigenvalue weighted by molar-refractivity contribution is 0.302. The van der Waals surface area contributed by atoms with Gasteiger partial charge in [-0.1, -0.05) is 45.1 Å². The van der Waals surface area contributed by atoms with E-state index in [4.69, 9.17) is 18.0 Å². The van der Waals surface area contributed by atoms with E-state index in [1.165, 1.54) is 5.56 Å². The minimum atomic E-state index is -0.0100. The molecule has 0 radical (unpaired) electrons. The van der Waals surface area contributed by atoms with Crippen molar-refractivity contribution in [3.63, 3.8) is 0 Å². The van der Waals surface area contributed by atoms with Gasteiger partial charge in [-0.15, -0.1) is 0 Å². The molecule has 19 heavy (non-hydrogen) atoms. The first-order valence-corrected chi connectivity index (χ1v) is 7.10. The number of anilines is 1. The minimum absolute atomic E-state index is 0.0100. The van der Waals surface area contributed by atoms with Gasteiger partial charge in [0, 0.05) is 16.8 Å². The summed E-state index contributed by atoms with van der Waals surface area (Å²) < 4.78 is 0. The third kappa shape index (κ3) is 4.83. The zero-order chi connectivity index (χ0) is 14.8. The van der Waals surface area contributed by atoms with E-state index in [2.05, 4.69) is 52.9 Å². The molecular formula is C16H26N2S. The Morgan fingerprint density at radius 1 is 1.21 bits per heavy atom. The van der Waals surface area contributed by atoms with Gasteiger partial charge in [-0.05, 0) is 44.2 Å². The average molecular weight is 278 g/mol. The molecule has 0 bridgehead atoms. The van der Waals surface area contributed by atoms with Crippen molar-refractivity contribution >= 4 is 22.9 Å². The summed E-state index contributed by atoms with van der Waals surface area (Å²) in [6.07, 6.45) is 1.06. The Morgan fingerprint density at radius 2 is 1.79 bits per heavy atom. The molecule has 1 rings (SSSR count). The van der Waals surface area contributed by atoms with Crippen LogP contribution in [0.25, 0.3) is 0 Å². The topological polar surface area (TPSA) is 38.0 Å². The monoisotopic (exact) mass is 278 g/mol. The van der Waals surface area contributed by atoms with Crippen LogP contribution in [-0.4, -0.2) is 10.5 Å². The van der Waals surface area contributed by atoms with E-state index < -0.39 is 0 Å². The van der Waals surface area contributed by atoms with E-state index in [1.54, 1.807) is 0 Å². The highest BCUT2D eigenvalue weighted by Gasteiger charge is 2.26. The van der Waals surface area contributed by atoms with Gasteiger partial charge in [-0.2, -0.15) is 0 Å². The number of thiocarbonyl (C=S) groups is 1. The van der Waals surface area contributed by atoms with Gasteiger partial charge in [0.25, 0.3) is 0 Å². The molecule has 1 aromatic rings. The molecule has 0 heterocycles. The Hall–Kier alpha value is -1.09. The molecule has 0 aliphatic carbocycles. The van der Waals surface area contributed by atoms with Crippen molar-refractivity contribution in [2.24, 2.45) is 11.1 Å². The van der Waals surface area contributed by atoms with Gasteiger partial charge >= 0.3 is 0 Å². The number of rotatable bonds is 4. The molecule has 0 aliphatic heterocycles. The number of aryl methyl sites for hydroxylation is 1. The van der Waals surface area contributed by atoms with E-state index in [9.17, 15) is 0 Å². The van der Waals surface area contributed by atoms with Gasteiger partial charge in [-0.25, -0.2) is 0 Å². The standard InChI is InChI=1S/C16H26N2S/c1-11-8-7-9-12(14(17)19)13(11)18-16(5,6)10-15(2,3)4/h7-9,18H,10H2,1-6H3,(H2,17,19). The molecule has 106 valence electrons. The van der Waals surface area contributed by atoms with E-state index >= 15 is 0 Å². The maximum absolute atomic E-state index is 5.82. The Bertz CT molecular complexity index is 470. The van der Waals surface area contributed by atoms with Crippen LogP contribution in [-0.2, 0) is 0 Å². The summed E-state index contributed by atoms with van der Waals surface area (Å²) in [5.41, 5.74) is 9.24. The fourth-order valence-corrected chi connectivity index (χ4v) is 2.92. The van der Waals surface area contributed by atoms with E-state index in [0.29, 0.717) is 4.99 Å². The average Bonchev–Trinajstić information content (AvgIpc) is 2.16. The maximum atomic E-state index is 5.82. The van der Waals surface area contributed by atoms with E-state index in [-0.39, 0.29) is 11.0 Å². The SMILES string of the molecule is Cc1cccc(C(N)=S)c1NC(C)(C)CC(C)(C)C. The summed E-state index contributed by atoms with van der Waals surface area (Å²) in [6.45, 7) is 13.3. The van der Waals surface area contributed by atoms with Gasteiger partial charge in [-0.3, -0.25) is 0 Å². The van der Waals surface area contributed by atoms with Crippen molar-refractivity contribution in [2.75, 3.05) is 5.32 Å². The Kier molecular flexibility index (Phi) is 4.62. The van der Waals surface area contributed by atoms with Crippen LogP contribution in [0.5, 0.6) is 0 Å². The quantitative estimate of drug-likeness (QED) is 0.808. The Labute approximate surface area is 122 Å². The van der Waals surface area contributed by atoms with Crippen LogP contribution in [0.3, 0.4) is 0 Å². The van der Waals surface area contributed by atoms with Crippen LogP contribution in [0.2, 0.25) is 0 Å². The Morgan fingerprint density at radius 3 is 2.26 bits per heavy atom. The lowest BCUT2D eigenvalue weighted by atomic mass is 9.81. The van der Waals surface area contributed by atoms with Crippen molar-refractivity contribution in [2.45, 2.75) is 53.5 Å². The smallest absolute Gasteiger partial charge is 0.106 e. The molecule has 0 unspecified atom stereocenters. The van der Waals surface area contributed by atoms with Crippen molar-refractivity contribution in [3.8, 4) is 0 Å². The van der Waals surface area contributed by atoms with Crippen molar-refractivity contribution in [3.05, 3.63) is 29.3 Å². The molecule has 0 atom stereocenters. The van der Waals surface area contributed by atoms with Crippen LogP contribution in [0.1, 0.15) is 52.2 Å². The first kappa shape index (κ1) is 16.0. The summed E-state index contributed by atoms with van der Waals surface area (Å²) in [5, 5.41) is 3.63. The predicted molar refractivity (Wildman–Crippen MR) is 88.8 cm³/mol. The zero-order valence-electron chi connectivity index (χ0n) is 12.9. The first-order valence-electron chi connectivity index (χ1n) is 6.69. The second-order valence-corrected chi connectivity index (χ2v) is 7.55. The molecule has 0 aromatic heterocycles. The third-order valence-electron chi connectivity index (χ3n) is 2.97. The molecule has 0 saturated carbocycles. The molecule has 0 fully saturated rings. The van der Waals surface area contributed by atoms with E-state index in [0.717, 1.165) is 17.7 Å². The Balaban J connectivity index is 3.08. The lowest BCUT2D eigenvalue weighted by Crippen LogP contribution is -2.36. The highest BCUT2D eigenvalue weighted by Crippen LogP contribution is 2.32. The number of nitrogens with one attached hydrogen (secondary N) is 1. The fraction of sp³-hybridized carbons (Fsp3) is 0.562. The van der Waals surface area contributed by atoms with Crippen LogP contribution in [0.4, 0.5) is 5.69 Å². The molecule has 0 spiro atoms. The van der Waals surface area contributed by atoms with Gasteiger partial charge in [0.2, 0.25) is 0 Å². The van der Waals surface area contributed by atoms with Gasteiger partial charge < -0.3 is 11.1 Å². The highest BCUT2D eigenvalue weighted by molar-refractivity contribution is 7.80. The first-order chi connectivity index (χ1) is 8.52. The normalized spacial score (nSPS) is 12.3. The number of hydrogen-bond donors (Lipinski definition) is 2. The summed E-state index contributed by atoms with van der Waals surface area (Å²) in [6, 6.07) is 6.05. The van der Waals surface area contributed by atoms with Crippen molar-refractivity contribution in [1.29, 1.82) is 0 Å². The highest BCUT2D eigenvalue weighted by atomic mass is 32.1. The fourth-order valence-electron chi connectivity index (χ4n) is 2.75. The molecule has 1 aromatic carbocycles. The largest absolute Gasteiger partial charge is 0.389 e. The number of hydrogen-bond acceptors (Lipinski definition) is 2. The number of nitrogens with two attached hydrogens (primary N) is 1. The second kappa shape index (κ2) is 5.49. The predicted octanol–water partition coefficient (Wildman–Crippen LogP) is 4.26. The summed E-state index contributed by atoms with van der Waals surface area (Å²) in [4.78, 5) is 0.442. The second-order valence-electron chi connectivity index (χ2n) is 7.11. The molecule has 2 nitrogen and oxygen atoms in total. The molecule has 0 aliphatic rings. The third-order valence-corrected chi connectivity index (χ3v) is 3.19. The minimum Gasteiger partial charge on any atom is -0.389 e. The summed E-state index contributed by atoms with van der Waals surface area (Å²) >= 11 is 5.15. The van der Waals surface area contributed by atoms with Crippen LogP contribution in [0.15, 0.2) is 18.2 Å². The maximum Gasteiger partial charge on any atom is 0.106 e. The van der Waals surface area contributed by atoms with Crippen LogP contribution in [0, 0.1) is 12.3 Å². The van der Waals surface area contributed by atoms with Gasteiger partial charge in [0.15, 0.2) is 0 Å². The van der Waals surface area contributed by atoms with Crippen LogP contribution >= 0.6 is 12.2 Å². The number of para-hydroxylation sites is 1. The lowest BCUT2D eigenvalue weighted by Gasteiger charge is -2.35. The molecule has 0 saturated heterocycles. The molecule has 3 heteroatoms. The van der Waals surface area contributed by atoms with E-state index in [1.807, 2.05) is 12.1 Å². The number of benzene rings is 1. The summed E-state index contributed by atoms with van der Waals surface area (Å²) in [5.74, 6) is 0. The molecular weight excluding hydrogens is 252 g/mol. The van der Waals surface area contributed by atoms with Gasteiger partial charge in [0.05, 0.1) is 0 Å². The molecule has 3 N–H and O–H groups in total. The zero-order valence-corrected chi connectivity index (χ0v) is 13.7. The van der Waals surface area contributed by atoms with Crippen molar-refractivity contribution in [1.82, 2.24) is 0 Å². The molecule has 0 amide bonds. The summed E-state index contributed by atoms with van der Waals surface area (Å²) in [7, 11) is 0. The van der Waals surface area contributed by atoms with Crippen LogP contribution < -0.4 is 11.1 Å². The van der Waals surface area contributed by atoms with Gasteiger partial charge in [0.1, 0.15) is 4.99 Å². The van der Waals surface area contributed by atoms with Crippen molar-refractivity contribution < 1.29 is 0 Å².